The number of thiophene rings is 2. The normalized spacial score (nSPS) is 28.4. The number of carbonyl (C=O) groups is 2. The van der Waals surface area contributed by atoms with E-state index < -0.39 is 0 Å². The van der Waals surface area contributed by atoms with Crippen molar-refractivity contribution in [2.45, 2.75) is 57.4 Å². The van der Waals surface area contributed by atoms with Crippen LogP contribution < -0.4 is 0 Å². The lowest BCUT2D eigenvalue weighted by Gasteiger charge is -2.37. The molecule has 5 rings (SSSR count). The number of amides is 2. The number of hydrogen-bond acceptors (Lipinski definition) is 4. The molecule has 0 aromatic carbocycles. The Hall–Kier alpha value is -1.66. The van der Waals surface area contributed by atoms with Gasteiger partial charge in [0.1, 0.15) is 0 Å². The van der Waals surface area contributed by atoms with Crippen LogP contribution in [0.2, 0.25) is 0 Å². The van der Waals surface area contributed by atoms with Crippen molar-refractivity contribution in [3.63, 3.8) is 0 Å². The third-order valence-corrected chi connectivity index (χ3v) is 9.41. The van der Waals surface area contributed by atoms with E-state index in [1.807, 2.05) is 39.5 Å². The molecule has 3 fully saturated rings. The molecule has 6 heteroatoms. The summed E-state index contributed by atoms with van der Waals surface area (Å²) in [6, 6.07) is 8.95. The molecule has 4 nitrogen and oxygen atoms in total. The van der Waals surface area contributed by atoms with Crippen molar-refractivity contribution in [2.75, 3.05) is 20.1 Å². The molecule has 1 aliphatic heterocycles. The van der Waals surface area contributed by atoms with Gasteiger partial charge in [-0.05, 0) is 63.8 Å². The van der Waals surface area contributed by atoms with Gasteiger partial charge < -0.3 is 9.80 Å². The third kappa shape index (κ3) is 3.84. The van der Waals surface area contributed by atoms with Gasteiger partial charge in [0.15, 0.2) is 0 Å². The number of aryl methyl sites for hydroxylation is 2. The lowest BCUT2D eigenvalue weighted by atomic mass is 10.0. The number of carbonyl (C=O) groups excluding carboxylic acids is 2. The molecule has 0 unspecified atom stereocenters. The molecule has 0 bridgehead atoms. The molecule has 2 saturated carbocycles. The molecular formula is C24H30N2O2S2. The fourth-order valence-corrected chi connectivity index (χ4v) is 7.13. The summed E-state index contributed by atoms with van der Waals surface area (Å²) in [6.07, 6.45) is 3.80. The average Bonchev–Trinajstić information content (AvgIpc) is 3.64. The molecule has 0 radical (unpaired) electrons. The van der Waals surface area contributed by atoms with Gasteiger partial charge in [-0.2, -0.15) is 0 Å². The Morgan fingerprint density at radius 1 is 0.900 bits per heavy atom. The molecule has 2 aromatic rings. The average molecular weight is 443 g/mol. The van der Waals surface area contributed by atoms with E-state index in [1.54, 1.807) is 0 Å². The van der Waals surface area contributed by atoms with Crippen LogP contribution in [0, 0.1) is 25.7 Å². The Morgan fingerprint density at radius 2 is 1.43 bits per heavy atom. The minimum absolute atomic E-state index is 0.161. The van der Waals surface area contributed by atoms with Gasteiger partial charge in [-0.25, -0.2) is 0 Å². The Kier molecular flexibility index (Phi) is 5.26. The maximum Gasteiger partial charge on any atom is 0.226 e. The van der Waals surface area contributed by atoms with Crippen LogP contribution in [0.3, 0.4) is 0 Å². The number of nitrogens with zero attached hydrogens (tertiary/aromatic N) is 2. The minimum atomic E-state index is 0.161. The summed E-state index contributed by atoms with van der Waals surface area (Å²) in [7, 11) is 1.97. The van der Waals surface area contributed by atoms with Crippen LogP contribution in [0.5, 0.6) is 0 Å². The van der Waals surface area contributed by atoms with Gasteiger partial charge >= 0.3 is 0 Å². The molecular weight excluding hydrogens is 412 g/mol. The Labute approximate surface area is 186 Å². The SMILES string of the molecule is Cc1ccc([C@@H]2C[C@@H]2C(=O)N2CCC(N(C)C(=O)[C@H]3C[C@H]3c3ccc(C)s3)CC2)s1. The van der Waals surface area contributed by atoms with Gasteiger partial charge in [0.05, 0.1) is 0 Å². The van der Waals surface area contributed by atoms with E-state index in [0.29, 0.717) is 23.7 Å². The van der Waals surface area contributed by atoms with Gasteiger partial charge in [0.25, 0.3) is 0 Å². The zero-order chi connectivity index (χ0) is 21.0. The number of piperidine rings is 1. The molecule has 0 N–H and O–H groups in total. The monoisotopic (exact) mass is 442 g/mol. The van der Waals surface area contributed by atoms with Gasteiger partial charge in [0, 0.05) is 69.4 Å². The first kappa shape index (κ1) is 20.3. The predicted molar refractivity (Wildman–Crippen MR) is 122 cm³/mol. The minimum Gasteiger partial charge on any atom is -0.342 e. The number of hydrogen-bond donors (Lipinski definition) is 0. The van der Waals surface area contributed by atoms with Crippen molar-refractivity contribution in [3.05, 3.63) is 43.8 Å². The Bertz CT molecular complexity index is 956. The van der Waals surface area contributed by atoms with Gasteiger partial charge in [-0.1, -0.05) is 0 Å². The standard InChI is InChI=1S/C24H30N2O2S2/c1-14-4-6-21(29-14)17-12-19(17)23(27)25(3)16-8-10-26(11-9-16)24(28)20-13-18(20)22-7-5-15(2)30-22/h4-7,16-20H,8-13H2,1-3H3/t17-,18-,19+,20+/m1/s1. The maximum absolute atomic E-state index is 13.0. The van der Waals surface area contributed by atoms with E-state index in [-0.39, 0.29) is 17.9 Å². The predicted octanol–water partition coefficient (Wildman–Crippen LogP) is 4.78. The second kappa shape index (κ2) is 7.79. The molecule has 30 heavy (non-hydrogen) atoms. The first-order valence-electron chi connectivity index (χ1n) is 11.1. The van der Waals surface area contributed by atoms with Crippen molar-refractivity contribution in [3.8, 4) is 0 Å². The van der Waals surface area contributed by atoms with E-state index in [9.17, 15) is 9.59 Å². The third-order valence-electron chi connectivity index (χ3n) is 7.14. The van der Waals surface area contributed by atoms with E-state index in [1.165, 1.54) is 19.5 Å². The second-order valence-corrected chi connectivity index (χ2v) is 11.9. The maximum atomic E-state index is 13.0. The number of rotatable bonds is 5. The Balaban J connectivity index is 1.11. The van der Waals surface area contributed by atoms with Crippen molar-refractivity contribution >= 4 is 34.5 Å². The van der Waals surface area contributed by atoms with Crippen LogP contribution in [-0.4, -0.2) is 47.8 Å². The second-order valence-electron chi connectivity index (χ2n) is 9.30. The quantitative estimate of drug-likeness (QED) is 0.668. The summed E-state index contributed by atoms with van der Waals surface area (Å²) in [5.41, 5.74) is 0. The highest BCUT2D eigenvalue weighted by Gasteiger charge is 2.48. The van der Waals surface area contributed by atoms with Crippen LogP contribution in [0.1, 0.15) is 57.0 Å². The summed E-state index contributed by atoms with van der Waals surface area (Å²) >= 11 is 3.65. The highest BCUT2D eigenvalue weighted by molar-refractivity contribution is 7.12. The lowest BCUT2D eigenvalue weighted by molar-refractivity contribution is -0.137. The van der Waals surface area contributed by atoms with Crippen LogP contribution in [-0.2, 0) is 9.59 Å². The van der Waals surface area contributed by atoms with Crippen LogP contribution in [0.4, 0.5) is 0 Å². The fraction of sp³-hybridized carbons (Fsp3) is 0.583. The van der Waals surface area contributed by atoms with Crippen LogP contribution >= 0.6 is 22.7 Å². The molecule has 1 saturated heterocycles. The van der Waals surface area contributed by atoms with E-state index >= 15 is 0 Å². The summed E-state index contributed by atoms with van der Waals surface area (Å²) in [4.78, 5) is 35.3. The Morgan fingerprint density at radius 3 is 1.97 bits per heavy atom. The zero-order valence-corrected chi connectivity index (χ0v) is 19.6. The molecule has 2 aliphatic carbocycles. The first-order valence-corrected chi connectivity index (χ1v) is 12.7. The largest absolute Gasteiger partial charge is 0.342 e. The summed E-state index contributed by atoms with van der Waals surface area (Å²) in [6.45, 7) is 5.82. The molecule has 0 spiro atoms. The smallest absolute Gasteiger partial charge is 0.226 e. The van der Waals surface area contributed by atoms with E-state index in [0.717, 1.165) is 38.8 Å². The highest BCUT2D eigenvalue weighted by Crippen LogP contribution is 2.52. The molecule has 3 aliphatic rings. The summed E-state index contributed by atoms with van der Waals surface area (Å²) in [5, 5.41) is 0. The van der Waals surface area contributed by atoms with Gasteiger partial charge in [-0.15, -0.1) is 22.7 Å². The molecule has 3 heterocycles. The topological polar surface area (TPSA) is 40.6 Å². The van der Waals surface area contributed by atoms with Crippen molar-refractivity contribution in [2.24, 2.45) is 11.8 Å². The first-order chi connectivity index (χ1) is 14.4. The highest BCUT2D eigenvalue weighted by atomic mass is 32.1. The van der Waals surface area contributed by atoms with Crippen LogP contribution in [0.25, 0.3) is 0 Å². The summed E-state index contributed by atoms with van der Waals surface area (Å²) < 4.78 is 0. The van der Waals surface area contributed by atoms with Crippen LogP contribution in [0.15, 0.2) is 24.3 Å². The van der Waals surface area contributed by atoms with Crippen molar-refractivity contribution in [1.82, 2.24) is 9.80 Å². The van der Waals surface area contributed by atoms with E-state index in [2.05, 4.69) is 38.1 Å². The molecule has 2 aromatic heterocycles. The zero-order valence-electron chi connectivity index (χ0n) is 18.0. The molecule has 4 atom stereocenters. The van der Waals surface area contributed by atoms with Gasteiger partial charge in [-0.3, -0.25) is 9.59 Å². The fourth-order valence-electron chi connectivity index (χ4n) is 5.02. The van der Waals surface area contributed by atoms with E-state index in [4.69, 9.17) is 0 Å². The lowest BCUT2D eigenvalue weighted by Crippen LogP contribution is -2.48. The number of likely N-dealkylation sites (tertiary alicyclic amines) is 1. The molecule has 160 valence electrons. The summed E-state index contributed by atoms with van der Waals surface area (Å²) in [5.74, 6) is 1.83. The molecule has 2 amide bonds. The van der Waals surface area contributed by atoms with Crippen molar-refractivity contribution < 1.29 is 9.59 Å². The van der Waals surface area contributed by atoms with Gasteiger partial charge in [0.2, 0.25) is 11.8 Å². The van der Waals surface area contributed by atoms with Crippen molar-refractivity contribution in [1.29, 1.82) is 0 Å².